The predicted molar refractivity (Wildman–Crippen MR) is 126 cm³/mol. The summed E-state index contributed by atoms with van der Waals surface area (Å²) >= 11 is 4.21. The molecule has 4 rings (SSSR count). The first kappa shape index (κ1) is 21.3. The second-order valence-electron chi connectivity index (χ2n) is 6.34. The number of hydrogen-bond donors (Lipinski definition) is 1. The zero-order valence-corrected chi connectivity index (χ0v) is 19.0. The van der Waals surface area contributed by atoms with Crippen LogP contribution in [0, 0.1) is 0 Å². The first-order valence-electron chi connectivity index (χ1n) is 9.21. The Morgan fingerprint density at radius 1 is 1.26 bits per heavy atom. The van der Waals surface area contributed by atoms with Crippen LogP contribution in [0.25, 0.3) is 21.5 Å². The largest absolute Gasteiger partial charge is 0.465 e. The Hall–Kier alpha value is -2.95. The number of esters is 1. The van der Waals surface area contributed by atoms with Crippen LogP contribution in [0.15, 0.2) is 58.9 Å². The van der Waals surface area contributed by atoms with Gasteiger partial charge in [0, 0.05) is 27.6 Å². The normalized spacial score (nSPS) is 10.9. The molecule has 158 valence electrons. The van der Waals surface area contributed by atoms with Crippen LogP contribution in [0.4, 0.5) is 5.00 Å². The van der Waals surface area contributed by atoms with Gasteiger partial charge in [-0.25, -0.2) is 4.79 Å². The monoisotopic (exact) mass is 470 g/mol. The Balaban J connectivity index is 1.52. The molecule has 0 radical (unpaired) electrons. The fraction of sp³-hybridized carbons (Fsp3) is 0.143. The Labute approximate surface area is 190 Å². The topological polar surface area (TPSA) is 86.1 Å². The van der Waals surface area contributed by atoms with Gasteiger partial charge in [0.2, 0.25) is 5.91 Å². The number of nitrogens with one attached hydrogen (secondary N) is 1. The van der Waals surface area contributed by atoms with Crippen molar-refractivity contribution in [3.63, 3.8) is 0 Å². The van der Waals surface area contributed by atoms with Crippen LogP contribution in [0.2, 0.25) is 0 Å². The molecule has 7 nitrogen and oxygen atoms in total. The molecule has 1 amide bonds. The Kier molecular flexibility index (Phi) is 6.50. The van der Waals surface area contributed by atoms with Crippen LogP contribution in [-0.4, -0.2) is 39.5 Å². The van der Waals surface area contributed by atoms with Gasteiger partial charge in [-0.2, -0.15) is 0 Å². The second kappa shape index (κ2) is 9.46. The summed E-state index contributed by atoms with van der Waals surface area (Å²) in [5.41, 5.74) is 1.35. The van der Waals surface area contributed by atoms with E-state index in [4.69, 9.17) is 4.74 Å². The van der Waals surface area contributed by atoms with E-state index in [1.807, 2.05) is 16.7 Å². The van der Waals surface area contributed by atoms with Gasteiger partial charge in [0.15, 0.2) is 11.0 Å². The number of thiophene rings is 2. The lowest BCUT2D eigenvalue weighted by Gasteiger charge is -2.08. The van der Waals surface area contributed by atoms with E-state index in [0.717, 1.165) is 16.8 Å². The zero-order valence-electron chi connectivity index (χ0n) is 16.5. The van der Waals surface area contributed by atoms with E-state index in [1.165, 1.54) is 34.9 Å². The van der Waals surface area contributed by atoms with Gasteiger partial charge < -0.3 is 10.1 Å². The number of benzene rings is 1. The number of hydrogen-bond acceptors (Lipinski definition) is 8. The van der Waals surface area contributed by atoms with E-state index in [9.17, 15) is 9.59 Å². The fourth-order valence-electron chi connectivity index (χ4n) is 3.01. The molecule has 10 heteroatoms. The molecule has 3 aromatic heterocycles. The van der Waals surface area contributed by atoms with Crippen LogP contribution in [0.1, 0.15) is 10.4 Å². The molecule has 0 aliphatic rings. The lowest BCUT2D eigenvalue weighted by Crippen LogP contribution is -2.16. The highest BCUT2D eigenvalue weighted by atomic mass is 32.2. The van der Waals surface area contributed by atoms with Gasteiger partial charge in [-0.05, 0) is 17.5 Å². The van der Waals surface area contributed by atoms with Crippen molar-refractivity contribution in [3.8, 4) is 11.4 Å². The van der Waals surface area contributed by atoms with Crippen LogP contribution in [0.3, 0.4) is 0 Å². The second-order valence-corrected chi connectivity index (χ2v) is 9.11. The molecular weight excluding hydrogens is 452 g/mol. The maximum absolute atomic E-state index is 12.5. The van der Waals surface area contributed by atoms with Gasteiger partial charge in [-0.1, -0.05) is 36.0 Å². The Morgan fingerprint density at radius 2 is 2.10 bits per heavy atom. The number of amides is 1. The van der Waals surface area contributed by atoms with Crippen molar-refractivity contribution in [1.82, 2.24) is 14.8 Å². The number of rotatable bonds is 8. The molecule has 0 saturated carbocycles. The molecule has 0 saturated heterocycles. The minimum absolute atomic E-state index is 0.123. The van der Waals surface area contributed by atoms with Gasteiger partial charge in [0.25, 0.3) is 0 Å². The van der Waals surface area contributed by atoms with E-state index in [-0.39, 0.29) is 11.7 Å². The summed E-state index contributed by atoms with van der Waals surface area (Å²) in [6, 6.07) is 9.77. The Bertz CT molecular complexity index is 1260. The molecular formula is C21H18N4O3S3. The molecule has 0 atom stereocenters. The lowest BCUT2D eigenvalue weighted by molar-refractivity contribution is -0.113. The summed E-state index contributed by atoms with van der Waals surface area (Å²) in [5.74, 6) is 0.139. The number of ether oxygens (including phenoxy) is 1. The third-order valence-electron chi connectivity index (χ3n) is 4.41. The number of nitrogens with zero attached hydrogens (tertiary/aromatic N) is 3. The van der Waals surface area contributed by atoms with Crippen molar-refractivity contribution in [3.05, 3.63) is 59.3 Å². The standard InChI is InChI=1S/C21H18N4O3S3/c1-3-9-25-18(15-11-30-16-7-5-4-6-13(15)16)23-24-21(25)31-12-17(26)22-19-14(8-10-29-19)20(27)28-2/h3-8,10-11H,1,9,12H2,2H3,(H,22,26). The highest BCUT2D eigenvalue weighted by Crippen LogP contribution is 2.34. The van der Waals surface area contributed by atoms with E-state index >= 15 is 0 Å². The quantitative estimate of drug-likeness (QED) is 0.223. The van der Waals surface area contributed by atoms with Crippen LogP contribution in [0.5, 0.6) is 0 Å². The van der Waals surface area contributed by atoms with Crippen molar-refractivity contribution in [2.45, 2.75) is 11.7 Å². The van der Waals surface area contributed by atoms with Crippen molar-refractivity contribution in [2.75, 3.05) is 18.2 Å². The molecule has 0 aliphatic heterocycles. The number of carbonyl (C=O) groups excluding carboxylic acids is 2. The summed E-state index contributed by atoms with van der Waals surface area (Å²) in [6.07, 6.45) is 1.78. The fourth-order valence-corrected chi connectivity index (χ4v) is 5.49. The molecule has 1 aromatic carbocycles. The Morgan fingerprint density at radius 3 is 2.90 bits per heavy atom. The third kappa shape index (κ3) is 4.41. The number of thioether (sulfide) groups is 1. The lowest BCUT2D eigenvalue weighted by atomic mass is 10.1. The van der Waals surface area contributed by atoms with Gasteiger partial charge in [-0.3, -0.25) is 9.36 Å². The van der Waals surface area contributed by atoms with Crippen molar-refractivity contribution < 1.29 is 14.3 Å². The van der Waals surface area contributed by atoms with Crippen LogP contribution < -0.4 is 5.32 Å². The highest BCUT2D eigenvalue weighted by Gasteiger charge is 2.19. The number of allylic oxidation sites excluding steroid dienone is 1. The maximum Gasteiger partial charge on any atom is 0.340 e. The van der Waals surface area contributed by atoms with Gasteiger partial charge >= 0.3 is 5.97 Å². The average Bonchev–Trinajstić information content (AvgIpc) is 3.50. The van der Waals surface area contributed by atoms with Gasteiger partial charge in [0.1, 0.15) is 5.00 Å². The first-order chi connectivity index (χ1) is 15.1. The number of anilines is 1. The molecule has 0 aliphatic carbocycles. The zero-order chi connectivity index (χ0) is 21.8. The first-order valence-corrected chi connectivity index (χ1v) is 12.0. The van der Waals surface area contributed by atoms with Gasteiger partial charge in [-0.15, -0.1) is 39.4 Å². The molecule has 1 N–H and O–H groups in total. The smallest absolute Gasteiger partial charge is 0.340 e. The number of carbonyl (C=O) groups is 2. The van der Waals surface area contributed by atoms with Crippen LogP contribution >= 0.6 is 34.4 Å². The number of fused-ring (bicyclic) bond motifs is 1. The highest BCUT2D eigenvalue weighted by molar-refractivity contribution is 7.99. The van der Waals surface area contributed by atoms with Crippen molar-refractivity contribution >= 4 is 61.4 Å². The van der Waals surface area contributed by atoms with E-state index in [0.29, 0.717) is 22.3 Å². The predicted octanol–water partition coefficient (Wildman–Crippen LogP) is 4.92. The average molecular weight is 471 g/mol. The summed E-state index contributed by atoms with van der Waals surface area (Å²) in [7, 11) is 1.31. The summed E-state index contributed by atoms with van der Waals surface area (Å²) in [6.45, 7) is 4.36. The summed E-state index contributed by atoms with van der Waals surface area (Å²) in [4.78, 5) is 24.3. The molecule has 3 heterocycles. The number of methoxy groups -OCH3 is 1. The minimum atomic E-state index is -0.484. The summed E-state index contributed by atoms with van der Waals surface area (Å²) in [5, 5.41) is 17.5. The molecule has 4 aromatic rings. The van der Waals surface area contributed by atoms with E-state index in [1.54, 1.807) is 28.9 Å². The molecule has 0 spiro atoms. The molecule has 0 unspecified atom stereocenters. The molecule has 0 fully saturated rings. The SMILES string of the molecule is C=CCn1c(SCC(=O)Nc2sccc2C(=O)OC)nnc1-c1csc2ccccc12. The maximum atomic E-state index is 12.5. The summed E-state index contributed by atoms with van der Waals surface area (Å²) < 4.78 is 7.86. The van der Waals surface area contributed by atoms with Crippen LogP contribution in [-0.2, 0) is 16.1 Å². The van der Waals surface area contributed by atoms with Gasteiger partial charge in [0.05, 0.1) is 18.4 Å². The minimum Gasteiger partial charge on any atom is -0.465 e. The third-order valence-corrected chi connectivity index (χ3v) is 7.17. The number of aromatic nitrogens is 3. The molecule has 31 heavy (non-hydrogen) atoms. The molecule has 0 bridgehead atoms. The van der Waals surface area contributed by atoms with Crippen molar-refractivity contribution in [1.29, 1.82) is 0 Å². The van der Waals surface area contributed by atoms with E-state index < -0.39 is 5.97 Å². The van der Waals surface area contributed by atoms with E-state index in [2.05, 4.69) is 39.6 Å². The van der Waals surface area contributed by atoms with Crippen molar-refractivity contribution in [2.24, 2.45) is 0 Å².